The minimum absolute atomic E-state index is 0.233. The maximum absolute atomic E-state index is 11.1. The van der Waals surface area contributed by atoms with Crippen LogP contribution in [0, 0.1) is 5.92 Å². The zero-order valence-electron chi connectivity index (χ0n) is 12.8. The Hall–Kier alpha value is -1.36. The van der Waals surface area contributed by atoms with Crippen molar-refractivity contribution < 1.29 is 9.90 Å². The van der Waals surface area contributed by atoms with Crippen LogP contribution in [0.2, 0.25) is 0 Å². The molecule has 2 unspecified atom stereocenters. The van der Waals surface area contributed by atoms with Gasteiger partial charge in [0.05, 0.1) is 5.92 Å². The van der Waals surface area contributed by atoms with Crippen molar-refractivity contribution >= 4 is 5.97 Å². The molecule has 3 heterocycles. The quantitative estimate of drug-likeness (QED) is 0.921. The second kappa shape index (κ2) is 6.18. The van der Waals surface area contributed by atoms with E-state index in [1.165, 1.54) is 25.8 Å². The van der Waals surface area contributed by atoms with E-state index in [2.05, 4.69) is 21.4 Å². The molecule has 1 N–H and O–H groups in total. The van der Waals surface area contributed by atoms with E-state index in [9.17, 15) is 4.79 Å². The number of carbonyl (C=O) groups is 1. The Labute approximate surface area is 126 Å². The third-order valence-electron chi connectivity index (χ3n) is 5.10. The van der Waals surface area contributed by atoms with E-state index >= 15 is 0 Å². The van der Waals surface area contributed by atoms with Gasteiger partial charge in [-0.2, -0.15) is 0 Å². The first kappa shape index (κ1) is 14.6. The predicted octanol–water partition coefficient (Wildman–Crippen LogP) is 1.95. The van der Waals surface area contributed by atoms with Crippen molar-refractivity contribution in [1.82, 2.24) is 14.5 Å². The van der Waals surface area contributed by atoms with Gasteiger partial charge in [0.1, 0.15) is 5.82 Å². The number of hydrogen-bond acceptors (Lipinski definition) is 3. The number of nitrogens with zero attached hydrogens (tertiary/aromatic N) is 3. The number of carboxylic acid groups (broad SMARTS) is 1. The predicted molar refractivity (Wildman–Crippen MR) is 80.3 cm³/mol. The molecule has 116 valence electrons. The van der Waals surface area contributed by atoms with Crippen molar-refractivity contribution in [3.63, 3.8) is 0 Å². The smallest absolute Gasteiger partial charge is 0.306 e. The van der Waals surface area contributed by atoms with Crippen LogP contribution in [0.1, 0.15) is 44.1 Å². The summed E-state index contributed by atoms with van der Waals surface area (Å²) < 4.78 is 2.27. The van der Waals surface area contributed by atoms with Crippen molar-refractivity contribution in [2.45, 2.75) is 58.0 Å². The summed E-state index contributed by atoms with van der Waals surface area (Å²) in [7, 11) is 0. The van der Waals surface area contributed by atoms with Gasteiger partial charge >= 0.3 is 5.97 Å². The second-order valence-electron chi connectivity index (χ2n) is 6.33. The van der Waals surface area contributed by atoms with Gasteiger partial charge in [-0.3, -0.25) is 4.79 Å². The van der Waals surface area contributed by atoms with Crippen LogP contribution in [0.15, 0.2) is 6.20 Å². The Morgan fingerprint density at radius 1 is 1.38 bits per heavy atom. The molecule has 0 aromatic carbocycles. The van der Waals surface area contributed by atoms with Crippen LogP contribution in [0.5, 0.6) is 0 Å². The van der Waals surface area contributed by atoms with Gasteiger partial charge in [0.25, 0.3) is 0 Å². The zero-order valence-corrected chi connectivity index (χ0v) is 12.8. The molecule has 0 spiro atoms. The van der Waals surface area contributed by atoms with Gasteiger partial charge in [-0.15, -0.1) is 0 Å². The second-order valence-corrected chi connectivity index (χ2v) is 6.33. The van der Waals surface area contributed by atoms with Gasteiger partial charge < -0.3 is 14.6 Å². The fourth-order valence-electron chi connectivity index (χ4n) is 3.82. The van der Waals surface area contributed by atoms with Gasteiger partial charge in [0.15, 0.2) is 0 Å². The lowest BCUT2D eigenvalue weighted by Crippen LogP contribution is -2.41. The molecule has 5 nitrogen and oxygen atoms in total. The molecular formula is C16H25N3O2. The van der Waals surface area contributed by atoms with Gasteiger partial charge in [0.2, 0.25) is 0 Å². The van der Waals surface area contributed by atoms with Crippen LogP contribution in [0.3, 0.4) is 0 Å². The highest BCUT2D eigenvalue weighted by molar-refractivity contribution is 5.70. The Kier molecular flexibility index (Phi) is 4.29. The van der Waals surface area contributed by atoms with Crippen LogP contribution in [0.4, 0.5) is 0 Å². The summed E-state index contributed by atoms with van der Waals surface area (Å²) in [6.07, 6.45) is 8.14. The average Bonchev–Trinajstić information content (AvgIpc) is 2.90. The number of rotatable bonds is 4. The van der Waals surface area contributed by atoms with E-state index in [-0.39, 0.29) is 5.92 Å². The third-order valence-corrected chi connectivity index (χ3v) is 5.10. The highest BCUT2D eigenvalue weighted by atomic mass is 16.4. The number of aromatic nitrogens is 2. The standard InChI is InChI=1S/C16H25N3O2/c1-2-18-7-4-3-5-13(18)10-15-17-11-14-9-12(16(20)21)6-8-19(14)15/h11-13H,2-10H2,1H3,(H,20,21). The summed E-state index contributed by atoms with van der Waals surface area (Å²) >= 11 is 0. The molecule has 1 aromatic rings. The largest absolute Gasteiger partial charge is 0.481 e. The topological polar surface area (TPSA) is 58.4 Å². The SMILES string of the molecule is CCN1CCCCC1Cc1ncc2n1CCC(C(=O)O)C2. The maximum Gasteiger partial charge on any atom is 0.306 e. The van der Waals surface area contributed by atoms with E-state index in [0.29, 0.717) is 12.5 Å². The number of aliphatic carboxylic acids is 1. The highest BCUT2D eigenvalue weighted by Crippen LogP contribution is 2.25. The van der Waals surface area contributed by atoms with Crippen LogP contribution in [0.25, 0.3) is 0 Å². The van der Waals surface area contributed by atoms with Crippen molar-refractivity contribution in [2.24, 2.45) is 5.92 Å². The lowest BCUT2D eigenvalue weighted by atomic mass is 9.96. The molecule has 0 amide bonds. The molecule has 0 aliphatic carbocycles. The monoisotopic (exact) mass is 291 g/mol. The molecule has 1 aromatic heterocycles. The molecule has 3 rings (SSSR count). The Morgan fingerprint density at radius 2 is 2.24 bits per heavy atom. The first-order valence-electron chi connectivity index (χ1n) is 8.19. The molecule has 2 aliphatic heterocycles. The molecular weight excluding hydrogens is 266 g/mol. The summed E-state index contributed by atoms with van der Waals surface area (Å²) in [5, 5.41) is 9.16. The highest BCUT2D eigenvalue weighted by Gasteiger charge is 2.28. The third kappa shape index (κ3) is 2.98. The van der Waals surface area contributed by atoms with Crippen molar-refractivity contribution in [1.29, 1.82) is 0 Å². The van der Waals surface area contributed by atoms with Gasteiger partial charge in [-0.25, -0.2) is 4.98 Å². The average molecular weight is 291 g/mol. The van der Waals surface area contributed by atoms with Gasteiger partial charge in [-0.05, 0) is 32.4 Å². The molecule has 2 aliphatic rings. The summed E-state index contributed by atoms with van der Waals surface area (Å²) in [6.45, 7) is 5.35. The first-order chi connectivity index (χ1) is 10.2. The molecule has 21 heavy (non-hydrogen) atoms. The Morgan fingerprint density at radius 3 is 3.00 bits per heavy atom. The van der Waals surface area contributed by atoms with Crippen molar-refractivity contribution in [2.75, 3.05) is 13.1 Å². The number of piperidine rings is 1. The summed E-state index contributed by atoms with van der Waals surface area (Å²) in [5.41, 5.74) is 1.10. The van der Waals surface area contributed by atoms with Crippen molar-refractivity contribution in [3.8, 4) is 0 Å². The van der Waals surface area contributed by atoms with Gasteiger partial charge in [-0.1, -0.05) is 13.3 Å². The van der Waals surface area contributed by atoms with Crippen molar-refractivity contribution in [3.05, 3.63) is 17.7 Å². The number of likely N-dealkylation sites (tertiary alicyclic amines) is 1. The van der Waals surface area contributed by atoms with Crippen LogP contribution < -0.4 is 0 Å². The summed E-state index contributed by atoms with van der Waals surface area (Å²) in [4.78, 5) is 18.3. The lowest BCUT2D eigenvalue weighted by Gasteiger charge is -2.35. The number of carboxylic acids is 1. The normalized spacial score (nSPS) is 26.5. The van der Waals surface area contributed by atoms with E-state index < -0.39 is 5.97 Å². The maximum atomic E-state index is 11.1. The fourth-order valence-corrected chi connectivity index (χ4v) is 3.82. The number of likely N-dealkylation sites (N-methyl/N-ethyl adjacent to an activating group) is 1. The molecule has 0 bridgehead atoms. The zero-order chi connectivity index (χ0) is 14.8. The molecule has 0 saturated carbocycles. The van der Waals surface area contributed by atoms with E-state index in [1.54, 1.807) is 0 Å². The summed E-state index contributed by atoms with van der Waals surface area (Å²) in [5.74, 6) is 0.247. The van der Waals surface area contributed by atoms with Crippen LogP contribution >= 0.6 is 0 Å². The van der Waals surface area contributed by atoms with Gasteiger partial charge in [0, 0.05) is 37.3 Å². The minimum Gasteiger partial charge on any atom is -0.481 e. The van der Waals surface area contributed by atoms with E-state index in [4.69, 9.17) is 5.11 Å². The fraction of sp³-hybridized carbons (Fsp3) is 0.750. The Bertz CT molecular complexity index is 512. The van der Waals surface area contributed by atoms with E-state index in [0.717, 1.165) is 37.4 Å². The number of hydrogen-bond donors (Lipinski definition) is 1. The van der Waals surface area contributed by atoms with E-state index in [1.807, 2.05) is 6.20 Å². The molecule has 1 fully saturated rings. The molecule has 1 saturated heterocycles. The molecule has 5 heteroatoms. The molecule has 2 atom stereocenters. The number of fused-ring (bicyclic) bond motifs is 1. The first-order valence-corrected chi connectivity index (χ1v) is 8.19. The number of imidazole rings is 1. The van der Waals surface area contributed by atoms with Crippen LogP contribution in [-0.2, 0) is 24.2 Å². The summed E-state index contributed by atoms with van der Waals surface area (Å²) in [6, 6.07) is 0.604. The lowest BCUT2D eigenvalue weighted by molar-refractivity contribution is -0.142. The minimum atomic E-state index is -0.673. The Balaban J connectivity index is 1.71. The molecule has 0 radical (unpaired) electrons. The van der Waals surface area contributed by atoms with Crippen LogP contribution in [-0.4, -0.2) is 44.7 Å².